The average Bonchev–Trinajstić information content (AvgIpc) is 3.42. The minimum absolute atomic E-state index is 0.0823. The van der Waals surface area contributed by atoms with Crippen molar-refractivity contribution in [3.8, 4) is 0 Å². The van der Waals surface area contributed by atoms with Gasteiger partial charge in [-0.1, -0.05) is 274 Å². The monoisotopic (exact) mass is 1040 g/mol. The molecule has 0 aromatic heterocycles. The van der Waals surface area contributed by atoms with Crippen molar-refractivity contribution in [1.82, 2.24) is 0 Å². The number of unbranched alkanes of at least 4 members (excludes halogenated alkanes) is 18. The topological polar surface area (TPSA) is 72.8 Å². The summed E-state index contributed by atoms with van der Waals surface area (Å²) in [5.41, 5.74) is 0. The molecule has 426 valence electrons. The number of rotatable bonds is 54. The Balaban J connectivity index is 3.60. The Hall–Kier alpha value is -4.74. The van der Waals surface area contributed by atoms with Crippen molar-refractivity contribution in [2.45, 2.75) is 251 Å². The van der Waals surface area contributed by atoms with Gasteiger partial charge in [0.15, 0.2) is 6.10 Å². The molecule has 0 saturated carbocycles. The Kier molecular flexibility index (Phi) is 60.5. The van der Waals surface area contributed by atoms with Crippen LogP contribution in [0.1, 0.15) is 245 Å². The van der Waals surface area contributed by atoms with Crippen LogP contribution in [0.4, 0.5) is 0 Å². The normalized spacial score (nSPS) is 13.5. The van der Waals surface area contributed by atoms with Gasteiger partial charge < -0.3 is 14.6 Å². The van der Waals surface area contributed by atoms with E-state index >= 15 is 0 Å². The lowest BCUT2D eigenvalue weighted by Crippen LogP contribution is -2.28. The van der Waals surface area contributed by atoms with Crippen molar-refractivity contribution >= 4 is 11.9 Å². The standard InChI is InChI=1S/C71H112O5/c1-3-5-7-9-11-13-15-17-19-21-23-25-27-29-31-33-34-35-36-38-40-42-44-46-48-50-52-54-56-58-60-62-64-66-71(74)76-69(67-72)68-75-70(73)65-63-61-59-57-55-53-51-49-47-45-43-41-39-37-32-30-28-26-24-22-20-18-16-14-12-10-8-6-4-2/h5-8,11-14,17-20,23-26,29-32,34-35,38-41,44,46,69,72H,3-4,9-10,15-16,21-22,27-28,33,36-37,42-43,45,47-68H2,1-2H3/b7-5-,8-6-,13-11-,14-12-,19-17-,20-18-,25-23-,26-24-,31-29-,32-30-,35-34-,40-38-,41-39-,46-44-. The molecule has 1 unspecified atom stereocenters. The quantitative estimate of drug-likeness (QED) is 0.0373. The Labute approximate surface area is 468 Å². The summed E-state index contributed by atoms with van der Waals surface area (Å²) in [6, 6.07) is 0. The molecule has 0 aliphatic rings. The molecule has 0 saturated heterocycles. The lowest BCUT2D eigenvalue weighted by molar-refractivity contribution is -0.161. The second-order valence-electron chi connectivity index (χ2n) is 19.7. The van der Waals surface area contributed by atoms with Crippen LogP contribution in [0.25, 0.3) is 0 Å². The summed E-state index contributed by atoms with van der Waals surface area (Å²) in [6.45, 7) is 3.90. The summed E-state index contributed by atoms with van der Waals surface area (Å²) in [6.07, 6.45) is 100. The molecule has 5 nitrogen and oxygen atoms in total. The van der Waals surface area contributed by atoms with E-state index in [1.807, 2.05) is 0 Å². The molecule has 1 N–H and O–H groups in total. The molecule has 1 atom stereocenters. The first-order chi connectivity index (χ1) is 37.6. The van der Waals surface area contributed by atoms with Crippen LogP contribution in [0.2, 0.25) is 0 Å². The van der Waals surface area contributed by atoms with Crippen LogP contribution in [-0.4, -0.2) is 36.4 Å². The van der Waals surface area contributed by atoms with Crippen LogP contribution in [-0.2, 0) is 19.1 Å². The molecule has 0 radical (unpaired) electrons. The van der Waals surface area contributed by atoms with E-state index in [2.05, 4.69) is 184 Å². The summed E-state index contributed by atoms with van der Waals surface area (Å²) < 4.78 is 10.7. The lowest BCUT2D eigenvalue weighted by Gasteiger charge is -2.15. The van der Waals surface area contributed by atoms with E-state index < -0.39 is 6.10 Å². The van der Waals surface area contributed by atoms with Crippen LogP contribution in [0, 0.1) is 0 Å². The average molecular weight is 1050 g/mol. The zero-order valence-electron chi connectivity index (χ0n) is 48.7. The zero-order chi connectivity index (χ0) is 54.8. The van der Waals surface area contributed by atoms with Gasteiger partial charge in [0.05, 0.1) is 6.61 Å². The van der Waals surface area contributed by atoms with Gasteiger partial charge in [0.1, 0.15) is 6.61 Å². The number of aliphatic hydroxyl groups is 1. The fourth-order valence-corrected chi connectivity index (χ4v) is 7.99. The maximum atomic E-state index is 12.3. The van der Waals surface area contributed by atoms with Crippen LogP contribution in [0.3, 0.4) is 0 Å². The highest BCUT2D eigenvalue weighted by Crippen LogP contribution is 2.14. The largest absolute Gasteiger partial charge is 0.462 e. The third kappa shape index (κ3) is 61.8. The van der Waals surface area contributed by atoms with Crippen molar-refractivity contribution in [2.75, 3.05) is 13.2 Å². The highest BCUT2D eigenvalue weighted by atomic mass is 16.6. The van der Waals surface area contributed by atoms with Gasteiger partial charge in [-0.15, -0.1) is 0 Å². The molecular weight excluding hydrogens is 933 g/mol. The van der Waals surface area contributed by atoms with Crippen molar-refractivity contribution in [2.24, 2.45) is 0 Å². The molecule has 76 heavy (non-hydrogen) atoms. The molecule has 0 aromatic carbocycles. The van der Waals surface area contributed by atoms with Crippen LogP contribution >= 0.6 is 0 Å². The van der Waals surface area contributed by atoms with Crippen LogP contribution in [0.15, 0.2) is 170 Å². The third-order valence-electron chi connectivity index (χ3n) is 12.5. The van der Waals surface area contributed by atoms with E-state index in [0.717, 1.165) is 135 Å². The minimum Gasteiger partial charge on any atom is -0.462 e. The van der Waals surface area contributed by atoms with Gasteiger partial charge >= 0.3 is 11.9 Å². The summed E-state index contributed by atoms with van der Waals surface area (Å²) in [5.74, 6) is -0.615. The molecule has 0 aliphatic heterocycles. The van der Waals surface area contributed by atoms with Gasteiger partial charge in [0.2, 0.25) is 0 Å². The number of hydrogen-bond donors (Lipinski definition) is 1. The highest BCUT2D eigenvalue weighted by molar-refractivity contribution is 5.70. The van der Waals surface area contributed by atoms with Gasteiger partial charge in [0.25, 0.3) is 0 Å². The lowest BCUT2D eigenvalue weighted by atomic mass is 10.1. The number of carbonyl (C=O) groups excluding carboxylic acids is 2. The van der Waals surface area contributed by atoms with E-state index in [1.165, 1.54) is 83.5 Å². The van der Waals surface area contributed by atoms with Crippen molar-refractivity contribution in [1.29, 1.82) is 0 Å². The van der Waals surface area contributed by atoms with E-state index in [0.29, 0.717) is 12.8 Å². The van der Waals surface area contributed by atoms with Crippen LogP contribution < -0.4 is 0 Å². The number of carbonyl (C=O) groups is 2. The maximum Gasteiger partial charge on any atom is 0.306 e. The number of ether oxygens (including phenoxy) is 2. The van der Waals surface area contributed by atoms with E-state index in [4.69, 9.17) is 9.47 Å². The minimum atomic E-state index is -0.793. The number of esters is 2. The van der Waals surface area contributed by atoms with Gasteiger partial charge in [-0.3, -0.25) is 9.59 Å². The fourth-order valence-electron chi connectivity index (χ4n) is 7.99. The first-order valence-electron chi connectivity index (χ1n) is 30.7. The zero-order valence-corrected chi connectivity index (χ0v) is 48.7. The third-order valence-corrected chi connectivity index (χ3v) is 12.5. The summed E-state index contributed by atoms with van der Waals surface area (Å²) in [4.78, 5) is 24.6. The Morgan fingerprint density at radius 1 is 0.303 bits per heavy atom. The molecule has 0 bridgehead atoms. The molecule has 0 spiro atoms. The van der Waals surface area contributed by atoms with E-state index in [1.54, 1.807) is 0 Å². The Morgan fingerprint density at radius 3 is 0.789 bits per heavy atom. The summed E-state index contributed by atoms with van der Waals surface area (Å²) >= 11 is 0. The van der Waals surface area contributed by atoms with Gasteiger partial charge in [-0.05, 0) is 128 Å². The molecule has 0 fully saturated rings. The fraction of sp³-hybridized carbons (Fsp3) is 0.577. The number of aliphatic hydroxyl groups excluding tert-OH is 1. The SMILES string of the molecule is CC/C=C\C/C=C\C/C=C\C/C=C\C/C=C\C/C=C\C/C=C\C/C=C\CCCCCCCCCCC(=O)OC(CO)COC(=O)CCCCCCCCCCCC/C=C\C/C=C\C/C=C\C/C=C\C/C=C\C/C=C\CC. The van der Waals surface area contributed by atoms with Gasteiger partial charge in [-0.25, -0.2) is 0 Å². The van der Waals surface area contributed by atoms with Crippen molar-refractivity contribution in [3.05, 3.63) is 170 Å². The second-order valence-corrected chi connectivity index (χ2v) is 19.7. The number of hydrogen-bond acceptors (Lipinski definition) is 5. The first kappa shape index (κ1) is 71.3. The maximum absolute atomic E-state index is 12.3. The molecule has 0 heterocycles. The predicted octanol–water partition coefficient (Wildman–Crippen LogP) is 21.3. The van der Waals surface area contributed by atoms with E-state index in [-0.39, 0.29) is 25.2 Å². The van der Waals surface area contributed by atoms with Crippen molar-refractivity contribution < 1.29 is 24.2 Å². The van der Waals surface area contributed by atoms with Crippen LogP contribution in [0.5, 0.6) is 0 Å². The van der Waals surface area contributed by atoms with Gasteiger partial charge in [0, 0.05) is 12.8 Å². The first-order valence-corrected chi connectivity index (χ1v) is 30.7. The molecule has 0 aliphatic carbocycles. The smallest absolute Gasteiger partial charge is 0.306 e. The molecular formula is C71H112O5. The molecule has 0 rings (SSSR count). The second kappa shape index (κ2) is 64.5. The predicted molar refractivity (Wildman–Crippen MR) is 333 cm³/mol. The molecule has 5 heteroatoms. The van der Waals surface area contributed by atoms with Crippen molar-refractivity contribution in [3.63, 3.8) is 0 Å². The summed E-state index contributed by atoms with van der Waals surface area (Å²) in [7, 11) is 0. The summed E-state index contributed by atoms with van der Waals surface area (Å²) in [5, 5.41) is 9.68. The number of allylic oxidation sites excluding steroid dienone is 28. The molecule has 0 amide bonds. The molecule has 0 aromatic rings. The Morgan fingerprint density at radius 2 is 0.526 bits per heavy atom. The highest BCUT2D eigenvalue weighted by Gasteiger charge is 2.16. The van der Waals surface area contributed by atoms with Gasteiger partial charge in [-0.2, -0.15) is 0 Å². The Bertz CT molecular complexity index is 1700. The van der Waals surface area contributed by atoms with E-state index in [9.17, 15) is 14.7 Å².